The molecular formula is C17H43O6Si5. The lowest BCUT2D eigenvalue weighted by Crippen LogP contribution is -2.58. The molecular weight excluding hydrogens is 441 g/mol. The summed E-state index contributed by atoms with van der Waals surface area (Å²) in [5.74, 6) is -0.966. The van der Waals surface area contributed by atoms with Gasteiger partial charge in [-0.15, -0.1) is 0 Å². The first-order valence-corrected chi connectivity index (χ1v) is 25.2. The summed E-state index contributed by atoms with van der Waals surface area (Å²) in [6, 6.07) is 1.00. The van der Waals surface area contributed by atoms with Gasteiger partial charge in [-0.05, 0) is 84.5 Å². The van der Waals surface area contributed by atoms with Crippen molar-refractivity contribution in [3.8, 4) is 0 Å². The fraction of sp³-hybridized carbons (Fsp3) is 0.941. The van der Waals surface area contributed by atoms with Crippen LogP contribution in [-0.2, 0) is 26.4 Å². The average molecular weight is 484 g/mol. The van der Waals surface area contributed by atoms with E-state index in [1.165, 1.54) is 0 Å². The van der Waals surface area contributed by atoms with Gasteiger partial charge in [-0.3, -0.25) is 0 Å². The van der Waals surface area contributed by atoms with Gasteiger partial charge in [0.2, 0.25) is 0 Å². The van der Waals surface area contributed by atoms with Crippen LogP contribution >= 0.6 is 0 Å². The molecule has 0 saturated carbocycles. The molecule has 0 aromatic carbocycles. The number of hydrogen-bond donors (Lipinski definition) is 0. The van der Waals surface area contributed by atoms with Crippen LogP contribution in [0.1, 0.15) is 25.7 Å². The molecule has 0 amide bonds. The largest absolute Gasteiger partial charge is 0.437 e. The predicted octanol–water partition coefficient (Wildman–Crippen LogP) is 5.72. The molecule has 0 bridgehead atoms. The quantitative estimate of drug-likeness (QED) is 0.233. The Labute approximate surface area is 178 Å². The van der Waals surface area contributed by atoms with Crippen LogP contribution < -0.4 is 0 Å². The molecule has 11 heteroatoms. The van der Waals surface area contributed by atoms with Gasteiger partial charge in [0.15, 0.2) is 16.6 Å². The van der Waals surface area contributed by atoms with Gasteiger partial charge >= 0.3 is 31.7 Å². The predicted molar refractivity (Wildman–Crippen MR) is 127 cm³/mol. The molecule has 167 valence electrons. The zero-order chi connectivity index (χ0) is 22.4. The zero-order valence-corrected chi connectivity index (χ0v) is 25.0. The molecule has 0 aromatic rings. The molecule has 0 aliphatic carbocycles. The average Bonchev–Trinajstić information content (AvgIpc) is 2.28. The summed E-state index contributed by atoms with van der Waals surface area (Å²) in [6.07, 6.45) is 2.70. The molecule has 0 heterocycles. The number of carbonyl (C=O) groups excluding carboxylic acids is 1. The first-order chi connectivity index (χ1) is 12.2. The van der Waals surface area contributed by atoms with Crippen LogP contribution in [0.3, 0.4) is 0 Å². The molecule has 0 N–H and O–H groups in total. The molecule has 0 aliphatic heterocycles. The number of hydrogen-bond acceptors (Lipinski definition) is 5. The van der Waals surface area contributed by atoms with Crippen LogP contribution in [0.5, 0.6) is 0 Å². The van der Waals surface area contributed by atoms with Gasteiger partial charge in [-0.1, -0.05) is 12.8 Å². The van der Waals surface area contributed by atoms with E-state index in [0.29, 0.717) is 6.42 Å². The summed E-state index contributed by atoms with van der Waals surface area (Å²) in [6.45, 7) is 23.6. The van der Waals surface area contributed by atoms with E-state index < -0.39 is 48.3 Å². The topological polar surface area (TPSA) is 73.9 Å². The highest BCUT2D eigenvalue weighted by atomic mass is 28.5. The van der Waals surface area contributed by atoms with E-state index in [4.69, 9.17) is 16.5 Å². The van der Waals surface area contributed by atoms with Crippen molar-refractivity contribution in [3.05, 3.63) is 0 Å². The first kappa shape index (κ1) is 28.4. The molecule has 1 radical (unpaired) electrons. The van der Waals surface area contributed by atoms with Crippen molar-refractivity contribution in [2.24, 2.45) is 0 Å². The maximum Gasteiger partial charge on any atom is 0.355 e. The number of rotatable bonds is 14. The molecule has 0 spiro atoms. The monoisotopic (exact) mass is 483 g/mol. The Hall–Kier alpha value is 0.394. The lowest BCUT2D eigenvalue weighted by atomic mass is 10.2. The molecule has 0 rings (SSSR count). The molecule has 0 fully saturated rings. The maximum atomic E-state index is 10.5. The van der Waals surface area contributed by atoms with Crippen LogP contribution in [0.15, 0.2) is 0 Å². The lowest BCUT2D eigenvalue weighted by Gasteiger charge is -2.42. The van der Waals surface area contributed by atoms with E-state index in [1.54, 1.807) is 0 Å². The van der Waals surface area contributed by atoms with Gasteiger partial charge in [-0.2, -0.15) is 0 Å². The first-order valence-electron chi connectivity index (χ1n) is 10.2. The van der Waals surface area contributed by atoms with E-state index in [2.05, 4.69) is 72.0 Å². The smallest absolute Gasteiger partial charge is 0.355 e. The Bertz CT molecular complexity index is 503. The molecule has 0 saturated heterocycles. The van der Waals surface area contributed by atoms with E-state index in [0.717, 1.165) is 18.9 Å². The highest BCUT2D eigenvalue weighted by Crippen LogP contribution is 2.27. The van der Waals surface area contributed by atoms with Crippen molar-refractivity contribution in [1.29, 1.82) is 0 Å². The minimum Gasteiger partial charge on any atom is -0.437 e. The van der Waals surface area contributed by atoms with Gasteiger partial charge < -0.3 is 16.5 Å². The Morgan fingerprint density at radius 2 is 1.04 bits per heavy atom. The van der Waals surface area contributed by atoms with Gasteiger partial charge in [0.05, 0.1) is 6.42 Å². The molecule has 6 nitrogen and oxygen atoms in total. The normalized spacial score (nSPS) is 14.4. The lowest BCUT2D eigenvalue weighted by molar-refractivity contribution is -0.143. The number of unbranched alkanes of at least 4 members (excludes halogenated alkanes) is 2. The van der Waals surface area contributed by atoms with Crippen LogP contribution in [-0.4, -0.2) is 48.3 Å². The van der Waals surface area contributed by atoms with Crippen LogP contribution in [0.2, 0.25) is 78.1 Å². The third kappa shape index (κ3) is 15.3. The van der Waals surface area contributed by atoms with Crippen LogP contribution in [0.25, 0.3) is 0 Å². The van der Waals surface area contributed by atoms with Gasteiger partial charge in [0, 0.05) is 0 Å². The van der Waals surface area contributed by atoms with Gasteiger partial charge in [0.1, 0.15) is 0 Å². The molecule has 28 heavy (non-hydrogen) atoms. The summed E-state index contributed by atoms with van der Waals surface area (Å²) in [7, 11) is -10.5. The second-order valence-corrected chi connectivity index (χ2v) is 30.3. The van der Waals surface area contributed by atoms with E-state index in [-0.39, 0.29) is 6.42 Å². The Morgan fingerprint density at radius 3 is 1.46 bits per heavy atom. The van der Waals surface area contributed by atoms with E-state index >= 15 is 0 Å². The summed E-state index contributed by atoms with van der Waals surface area (Å²) < 4.78 is 25.9. The van der Waals surface area contributed by atoms with E-state index in [1.807, 2.05) is 0 Å². The van der Waals surface area contributed by atoms with Crippen LogP contribution in [0, 0.1) is 0 Å². The van der Waals surface area contributed by atoms with Crippen molar-refractivity contribution >= 4 is 48.3 Å². The third-order valence-electron chi connectivity index (χ3n) is 3.72. The zero-order valence-electron chi connectivity index (χ0n) is 20.0. The maximum absolute atomic E-state index is 10.5. The minimum atomic E-state index is -2.38. The van der Waals surface area contributed by atoms with Crippen molar-refractivity contribution < 1.29 is 26.4 Å². The van der Waals surface area contributed by atoms with Crippen molar-refractivity contribution in [2.75, 3.05) is 0 Å². The van der Waals surface area contributed by atoms with Gasteiger partial charge in [0.25, 0.3) is 0 Å². The molecule has 0 unspecified atom stereocenters. The molecule has 0 atom stereocenters. The standard InChI is InChI=1S/C17H43O6Si5/c1-24(2,3)20-26(6,7)22-28(10,11)23-27(8,9)21-25(4,5)16-14-12-13-15-17(18)19/h12-16H2,1-11H3. The molecule has 0 aromatic heterocycles. The number of carbonyl (C=O) groups is 1. The third-order valence-corrected chi connectivity index (χ3v) is 21.7. The molecule has 0 aliphatic rings. The minimum absolute atomic E-state index is 0.141. The van der Waals surface area contributed by atoms with Gasteiger partial charge in [-0.25, -0.2) is 9.90 Å². The fourth-order valence-electron chi connectivity index (χ4n) is 3.70. The summed E-state index contributed by atoms with van der Waals surface area (Å²) in [5.41, 5.74) is 0. The Morgan fingerprint density at radius 1 is 0.607 bits per heavy atom. The van der Waals surface area contributed by atoms with E-state index in [9.17, 15) is 9.90 Å². The van der Waals surface area contributed by atoms with Crippen LogP contribution in [0.4, 0.5) is 0 Å². The van der Waals surface area contributed by atoms with Crippen molar-refractivity contribution in [2.45, 2.75) is 104 Å². The highest BCUT2D eigenvalue weighted by molar-refractivity contribution is 6.90. The summed E-state index contributed by atoms with van der Waals surface area (Å²) in [5, 5.41) is 10.5. The Balaban J connectivity index is 4.71. The fourth-order valence-corrected chi connectivity index (χ4v) is 27.5. The second kappa shape index (κ2) is 10.6. The summed E-state index contributed by atoms with van der Waals surface area (Å²) >= 11 is 0. The second-order valence-electron chi connectivity index (χ2n) is 10.4. The Kier molecular flexibility index (Phi) is 10.8. The highest BCUT2D eigenvalue weighted by Gasteiger charge is 2.44. The SMILES string of the molecule is C[Si](C)(C)O[Si](C)(C)O[Si](C)(C)O[Si](C)(C)O[Si](C)(C)CCCCCC([O])=O. The van der Waals surface area contributed by atoms with Crippen molar-refractivity contribution in [3.63, 3.8) is 0 Å². The summed E-state index contributed by atoms with van der Waals surface area (Å²) in [4.78, 5) is 10.5. The van der Waals surface area contributed by atoms with Crippen molar-refractivity contribution in [1.82, 2.24) is 0 Å².